The van der Waals surface area contributed by atoms with Crippen LogP contribution in [0.25, 0.3) is 0 Å². The Bertz CT molecular complexity index is 425. The van der Waals surface area contributed by atoms with Crippen LogP contribution in [-0.2, 0) is 0 Å². The molecule has 1 rings (SSSR count). The van der Waals surface area contributed by atoms with Crippen molar-refractivity contribution < 1.29 is 14.1 Å². The van der Waals surface area contributed by atoms with Gasteiger partial charge in [-0.15, -0.1) is 11.6 Å². The van der Waals surface area contributed by atoms with Gasteiger partial charge in [-0.1, -0.05) is 6.92 Å². The molecule has 0 aromatic heterocycles. The second-order valence-electron chi connectivity index (χ2n) is 3.90. The van der Waals surface area contributed by atoms with Gasteiger partial charge in [0.25, 0.3) is 5.69 Å². The molecule has 0 radical (unpaired) electrons. The minimum Gasteiger partial charge on any atom is -0.490 e. The molecule has 0 saturated heterocycles. The highest BCUT2D eigenvalue weighted by molar-refractivity contribution is 6.18. The topological polar surface area (TPSA) is 52.4 Å². The molecule has 0 aliphatic rings. The average molecular weight is 262 g/mol. The van der Waals surface area contributed by atoms with Crippen molar-refractivity contribution >= 4 is 17.3 Å². The molecule has 1 atom stereocenters. The molecule has 0 aliphatic heterocycles. The second-order valence-corrected chi connectivity index (χ2v) is 4.21. The molecule has 6 heteroatoms. The molecule has 1 aromatic rings. The number of rotatable bonds is 5. The van der Waals surface area contributed by atoms with Crippen LogP contribution in [0.5, 0.6) is 5.75 Å². The first kappa shape index (κ1) is 13.7. The zero-order valence-electron chi connectivity index (χ0n) is 9.57. The van der Waals surface area contributed by atoms with Gasteiger partial charge in [-0.2, -0.15) is 0 Å². The Morgan fingerprint density at radius 2 is 2.24 bits per heavy atom. The molecule has 0 bridgehead atoms. The SMILES string of the molecule is Cc1cc(OCC(C)CCl)c(F)cc1[N+](=O)[O-]. The van der Waals surface area contributed by atoms with Crippen LogP contribution in [0.3, 0.4) is 0 Å². The van der Waals surface area contributed by atoms with Crippen LogP contribution in [0.15, 0.2) is 12.1 Å². The number of nitro groups is 1. The van der Waals surface area contributed by atoms with E-state index in [2.05, 4.69) is 0 Å². The van der Waals surface area contributed by atoms with Crippen LogP contribution in [0, 0.1) is 28.8 Å². The predicted octanol–water partition coefficient (Wildman–Crippen LogP) is 3.30. The number of ether oxygens (including phenoxy) is 1. The Kier molecular flexibility index (Phi) is 4.69. The number of hydrogen-bond acceptors (Lipinski definition) is 3. The number of hydrogen-bond donors (Lipinski definition) is 0. The monoisotopic (exact) mass is 261 g/mol. The van der Waals surface area contributed by atoms with Crippen LogP contribution in [0.4, 0.5) is 10.1 Å². The third-order valence-corrected chi connectivity index (χ3v) is 2.76. The lowest BCUT2D eigenvalue weighted by Crippen LogP contribution is -2.10. The van der Waals surface area contributed by atoms with Gasteiger partial charge in [-0.25, -0.2) is 4.39 Å². The highest BCUT2D eigenvalue weighted by atomic mass is 35.5. The van der Waals surface area contributed by atoms with Crippen molar-refractivity contribution in [2.75, 3.05) is 12.5 Å². The molecular formula is C11H13ClFNO3. The maximum Gasteiger partial charge on any atom is 0.275 e. The molecule has 94 valence electrons. The summed E-state index contributed by atoms with van der Waals surface area (Å²) in [7, 11) is 0. The third-order valence-electron chi connectivity index (χ3n) is 2.23. The summed E-state index contributed by atoms with van der Waals surface area (Å²) < 4.78 is 18.7. The lowest BCUT2D eigenvalue weighted by molar-refractivity contribution is -0.385. The maximum absolute atomic E-state index is 13.5. The van der Waals surface area contributed by atoms with E-state index < -0.39 is 10.7 Å². The van der Waals surface area contributed by atoms with Gasteiger partial charge in [-0.05, 0) is 13.0 Å². The Hall–Kier alpha value is -1.36. The van der Waals surface area contributed by atoms with Gasteiger partial charge < -0.3 is 4.74 Å². The summed E-state index contributed by atoms with van der Waals surface area (Å²) in [5.74, 6) is -0.214. The summed E-state index contributed by atoms with van der Waals surface area (Å²) in [5, 5.41) is 10.6. The number of alkyl halides is 1. The van der Waals surface area contributed by atoms with Crippen molar-refractivity contribution in [3.05, 3.63) is 33.6 Å². The van der Waals surface area contributed by atoms with E-state index in [-0.39, 0.29) is 24.0 Å². The minimum atomic E-state index is -0.732. The molecule has 4 nitrogen and oxygen atoms in total. The van der Waals surface area contributed by atoms with E-state index in [1.165, 1.54) is 13.0 Å². The van der Waals surface area contributed by atoms with E-state index in [0.717, 1.165) is 6.07 Å². The van der Waals surface area contributed by atoms with E-state index >= 15 is 0 Å². The molecule has 1 unspecified atom stereocenters. The lowest BCUT2D eigenvalue weighted by Gasteiger charge is -2.11. The second kappa shape index (κ2) is 5.82. The Balaban J connectivity index is 2.88. The summed E-state index contributed by atoms with van der Waals surface area (Å²) in [6.45, 7) is 3.68. The Morgan fingerprint density at radius 1 is 1.59 bits per heavy atom. The molecule has 0 amide bonds. The first-order chi connectivity index (χ1) is 7.95. The van der Waals surface area contributed by atoms with Crippen molar-refractivity contribution in [3.63, 3.8) is 0 Å². The number of aryl methyl sites for hydroxylation is 1. The Morgan fingerprint density at radius 3 is 2.76 bits per heavy atom. The molecule has 0 heterocycles. The van der Waals surface area contributed by atoms with Crippen molar-refractivity contribution in [2.24, 2.45) is 5.92 Å². The van der Waals surface area contributed by atoms with Crippen molar-refractivity contribution in [1.82, 2.24) is 0 Å². The molecule has 0 N–H and O–H groups in total. The van der Waals surface area contributed by atoms with Gasteiger partial charge in [0.1, 0.15) is 0 Å². The third kappa shape index (κ3) is 3.56. The van der Waals surface area contributed by atoms with Crippen molar-refractivity contribution in [1.29, 1.82) is 0 Å². The largest absolute Gasteiger partial charge is 0.490 e. The van der Waals surface area contributed by atoms with Gasteiger partial charge in [0.15, 0.2) is 11.6 Å². The Labute approximate surface area is 103 Å². The van der Waals surface area contributed by atoms with Gasteiger partial charge >= 0.3 is 0 Å². The zero-order valence-corrected chi connectivity index (χ0v) is 10.3. The molecule has 1 aromatic carbocycles. The van der Waals surface area contributed by atoms with E-state index in [0.29, 0.717) is 11.4 Å². The maximum atomic E-state index is 13.5. The number of halogens is 2. The molecule has 17 heavy (non-hydrogen) atoms. The van der Waals surface area contributed by atoms with E-state index in [9.17, 15) is 14.5 Å². The van der Waals surface area contributed by atoms with E-state index in [1.807, 2.05) is 6.92 Å². The van der Waals surface area contributed by atoms with Crippen molar-refractivity contribution in [2.45, 2.75) is 13.8 Å². The normalized spacial score (nSPS) is 12.2. The first-order valence-corrected chi connectivity index (χ1v) is 5.62. The summed E-state index contributed by atoms with van der Waals surface area (Å²) in [4.78, 5) is 9.96. The quantitative estimate of drug-likeness (QED) is 0.464. The molecule has 0 aliphatic carbocycles. The standard InChI is InChI=1S/C11H13ClFNO3/c1-7(5-12)6-17-11-3-8(2)10(14(15)16)4-9(11)13/h3-4,7H,5-6H2,1-2H3. The molecule has 0 saturated carbocycles. The highest BCUT2D eigenvalue weighted by Gasteiger charge is 2.16. The van der Waals surface area contributed by atoms with Crippen LogP contribution in [0.1, 0.15) is 12.5 Å². The van der Waals surface area contributed by atoms with Gasteiger partial charge in [0.05, 0.1) is 17.6 Å². The summed E-state index contributed by atoms with van der Waals surface area (Å²) in [5.41, 5.74) is 0.116. The minimum absolute atomic E-state index is 0.0186. The molecular weight excluding hydrogens is 249 g/mol. The van der Waals surface area contributed by atoms with Crippen LogP contribution in [0.2, 0.25) is 0 Å². The number of nitro benzene ring substituents is 1. The number of nitrogens with zero attached hydrogens (tertiary/aromatic N) is 1. The lowest BCUT2D eigenvalue weighted by atomic mass is 10.2. The van der Waals surface area contributed by atoms with Gasteiger partial charge in [-0.3, -0.25) is 10.1 Å². The van der Waals surface area contributed by atoms with Gasteiger partial charge in [0, 0.05) is 17.4 Å². The summed E-state index contributed by atoms with van der Waals surface area (Å²) >= 11 is 5.59. The average Bonchev–Trinajstić information content (AvgIpc) is 2.28. The van der Waals surface area contributed by atoms with E-state index in [4.69, 9.17) is 16.3 Å². The fourth-order valence-corrected chi connectivity index (χ4v) is 1.32. The fourth-order valence-electron chi connectivity index (χ4n) is 1.23. The zero-order chi connectivity index (χ0) is 13.0. The number of benzene rings is 1. The fraction of sp³-hybridized carbons (Fsp3) is 0.455. The smallest absolute Gasteiger partial charge is 0.275 e. The van der Waals surface area contributed by atoms with Crippen LogP contribution in [-0.4, -0.2) is 17.4 Å². The van der Waals surface area contributed by atoms with Gasteiger partial charge in [0.2, 0.25) is 0 Å². The summed E-state index contributed by atoms with van der Waals surface area (Å²) in [6, 6.07) is 2.20. The predicted molar refractivity (Wildman–Crippen MR) is 63.2 cm³/mol. The summed E-state index contributed by atoms with van der Waals surface area (Å²) in [6.07, 6.45) is 0. The van der Waals surface area contributed by atoms with Crippen molar-refractivity contribution in [3.8, 4) is 5.75 Å². The van der Waals surface area contributed by atoms with E-state index in [1.54, 1.807) is 0 Å². The first-order valence-electron chi connectivity index (χ1n) is 5.09. The highest BCUT2D eigenvalue weighted by Crippen LogP contribution is 2.27. The molecule has 0 fully saturated rings. The molecule has 0 spiro atoms. The van der Waals surface area contributed by atoms with Crippen LogP contribution >= 0.6 is 11.6 Å². The van der Waals surface area contributed by atoms with Crippen LogP contribution < -0.4 is 4.74 Å².